The Hall–Kier alpha value is -1.60. The molecule has 0 saturated carbocycles. The summed E-state index contributed by atoms with van der Waals surface area (Å²) in [5, 5.41) is 3.02. The van der Waals surface area contributed by atoms with Crippen LogP contribution in [0.3, 0.4) is 0 Å². The van der Waals surface area contributed by atoms with Crippen molar-refractivity contribution in [3.63, 3.8) is 0 Å². The first-order chi connectivity index (χ1) is 8.80. The van der Waals surface area contributed by atoms with Crippen LogP contribution in [0.25, 0.3) is 0 Å². The van der Waals surface area contributed by atoms with E-state index in [-0.39, 0.29) is 0 Å². The zero-order valence-corrected chi connectivity index (χ0v) is 10.9. The molecule has 1 aromatic rings. The number of rotatable bonds is 9. The standard InChI is InChI=1S/C11H19N3O4/c1-15-6-7-18-5-4-12-11-13-9(16-2)8-10(14-11)17-3/h8H,4-7H2,1-3H3,(H,12,13,14). The van der Waals surface area contributed by atoms with E-state index < -0.39 is 0 Å². The maximum Gasteiger partial charge on any atom is 0.229 e. The number of ether oxygens (including phenoxy) is 4. The molecule has 1 N–H and O–H groups in total. The molecule has 0 aliphatic rings. The quantitative estimate of drug-likeness (QED) is 0.648. The Bertz CT molecular complexity index is 327. The van der Waals surface area contributed by atoms with E-state index in [0.29, 0.717) is 44.1 Å². The predicted molar refractivity (Wildman–Crippen MR) is 66.3 cm³/mol. The molecule has 0 radical (unpaired) electrons. The van der Waals surface area contributed by atoms with Crippen molar-refractivity contribution in [2.24, 2.45) is 0 Å². The van der Waals surface area contributed by atoms with Crippen LogP contribution in [-0.4, -0.2) is 57.7 Å². The first kappa shape index (κ1) is 14.5. The minimum Gasteiger partial charge on any atom is -0.481 e. The highest BCUT2D eigenvalue weighted by Gasteiger charge is 2.04. The number of hydrogen-bond acceptors (Lipinski definition) is 7. The van der Waals surface area contributed by atoms with Gasteiger partial charge in [0, 0.05) is 13.7 Å². The Labute approximate surface area is 106 Å². The molecule has 0 atom stereocenters. The van der Waals surface area contributed by atoms with Gasteiger partial charge in [-0.15, -0.1) is 0 Å². The van der Waals surface area contributed by atoms with Crippen LogP contribution in [0.5, 0.6) is 11.8 Å². The lowest BCUT2D eigenvalue weighted by Crippen LogP contribution is -2.13. The van der Waals surface area contributed by atoms with E-state index >= 15 is 0 Å². The molecule has 0 aromatic carbocycles. The van der Waals surface area contributed by atoms with Crippen LogP contribution in [-0.2, 0) is 9.47 Å². The number of hydrogen-bond donors (Lipinski definition) is 1. The van der Waals surface area contributed by atoms with E-state index in [0.717, 1.165) is 0 Å². The zero-order valence-electron chi connectivity index (χ0n) is 10.9. The molecule has 0 unspecified atom stereocenters. The molecule has 0 aliphatic carbocycles. The lowest BCUT2D eigenvalue weighted by atomic mass is 10.6. The van der Waals surface area contributed by atoms with Gasteiger partial charge < -0.3 is 24.3 Å². The molecular weight excluding hydrogens is 238 g/mol. The van der Waals surface area contributed by atoms with Gasteiger partial charge in [-0.2, -0.15) is 9.97 Å². The summed E-state index contributed by atoms with van der Waals surface area (Å²) >= 11 is 0. The van der Waals surface area contributed by atoms with E-state index in [9.17, 15) is 0 Å². The molecule has 0 bridgehead atoms. The third kappa shape index (κ3) is 5.15. The van der Waals surface area contributed by atoms with Gasteiger partial charge in [-0.3, -0.25) is 0 Å². The molecule has 0 spiro atoms. The third-order valence-electron chi connectivity index (χ3n) is 2.06. The fraction of sp³-hybridized carbons (Fsp3) is 0.636. The highest BCUT2D eigenvalue weighted by Crippen LogP contribution is 2.16. The summed E-state index contributed by atoms with van der Waals surface area (Å²) in [5.74, 6) is 1.34. The highest BCUT2D eigenvalue weighted by atomic mass is 16.5. The summed E-state index contributed by atoms with van der Waals surface area (Å²) in [6.07, 6.45) is 0. The summed E-state index contributed by atoms with van der Waals surface area (Å²) in [7, 11) is 4.72. The minimum atomic E-state index is 0.446. The molecule has 1 heterocycles. The maximum absolute atomic E-state index is 5.30. The molecule has 0 saturated heterocycles. The average Bonchev–Trinajstić information content (AvgIpc) is 2.42. The summed E-state index contributed by atoms with van der Waals surface area (Å²) in [5.41, 5.74) is 0. The smallest absolute Gasteiger partial charge is 0.229 e. The lowest BCUT2D eigenvalue weighted by Gasteiger charge is -2.08. The fourth-order valence-corrected chi connectivity index (χ4v) is 1.17. The molecule has 0 fully saturated rings. The van der Waals surface area contributed by atoms with Crippen LogP contribution in [0.4, 0.5) is 5.95 Å². The first-order valence-electron chi connectivity index (χ1n) is 5.57. The van der Waals surface area contributed by atoms with Gasteiger partial charge >= 0.3 is 0 Å². The second-order valence-corrected chi connectivity index (χ2v) is 3.31. The second kappa shape index (κ2) is 8.48. The van der Waals surface area contributed by atoms with Crippen LogP contribution in [0.15, 0.2) is 6.07 Å². The van der Waals surface area contributed by atoms with E-state index in [2.05, 4.69) is 15.3 Å². The van der Waals surface area contributed by atoms with Crippen LogP contribution in [0, 0.1) is 0 Å². The molecule has 7 nitrogen and oxygen atoms in total. The van der Waals surface area contributed by atoms with Gasteiger partial charge in [0.15, 0.2) is 0 Å². The minimum absolute atomic E-state index is 0.446. The Morgan fingerprint density at radius 3 is 2.22 bits per heavy atom. The van der Waals surface area contributed by atoms with Gasteiger partial charge in [0.2, 0.25) is 17.7 Å². The van der Waals surface area contributed by atoms with E-state index in [4.69, 9.17) is 18.9 Å². The van der Waals surface area contributed by atoms with Crippen molar-refractivity contribution in [2.75, 3.05) is 53.0 Å². The Kier molecular flexibility index (Phi) is 6.82. The summed E-state index contributed by atoms with van der Waals surface area (Å²) < 4.78 is 20.2. The van der Waals surface area contributed by atoms with Gasteiger partial charge in [0.25, 0.3) is 0 Å². The average molecular weight is 257 g/mol. The number of nitrogens with zero attached hydrogens (tertiary/aromatic N) is 2. The SMILES string of the molecule is COCCOCCNc1nc(OC)cc(OC)n1. The van der Waals surface area contributed by atoms with Crippen LogP contribution >= 0.6 is 0 Å². The van der Waals surface area contributed by atoms with Gasteiger partial charge in [-0.05, 0) is 0 Å². The largest absolute Gasteiger partial charge is 0.481 e. The lowest BCUT2D eigenvalue weighted by molar-refractivity contribution is 0.0758. The van der Waals surface area contributed by atoms with Gasteiger partial charge in [-0.25, -0.2) is 0 Å². The maximum atomic E-state index is 5.30. The van der Waals surface area contributed by atoms with Crippen molar-refractivity contribution >= 4 is 5.95 Å². The Balaban J connectivity index is 2.36. The first-order valence-corrected chi connectivity index (χ1v) is 5.57. The molecule has 0 aliphatic heterocycles. The third-order valence-corrected chi connectivity index (χ3v) is 2.06. The fourth-order valence-electron chi connectivity index (χ4n) is 1.17. The van der Waals surface area contributed by atoms with E-state index in [1.807, 2.05) is 0 Å². The Morgan fingerprint density at radius 1 is 1.00 bits per heavy atom. The second-order valence-electron chi connectivity index (χ2n) is 3.31. The number of anilines is 1. The number of aromatic nitrogens is 2. The highest BCUT2D eigenvalue weighted by molar-refractivity contribution is 5.33. The molecule has 1 aromatic heterocycles. The van der Waals surface area contributed by atoms with Crippen molar-refractivity contribution in [3.05, 3.63) is 6.07 Å². The molecule has 0 amide bonds. The van der Waals surface area contributed by atoms with Crippen LogP contribution in [0.1, 0.15) is 0 Å². The topological polar surface area (TPSA) is 74.7 Å². The van der Waals surface area contributed by atoms with Crippen molar-refractivity contribution < 1.29 is 18.9 Å². The van der Waals surface area contributed by atoms with Gasteiger partial charge in [0.05, 0.1) is 40.1 Å². The molecule has 7 heteroatoms. The van der Waals surface area contributed by atoms with E-state index in [1.54, 1.807) is 27.4 Å². The van der Waals surface area contributed by atoms with Gasteiger partial charge in [-0.1, -0.05) is 0 Å². The van der Waals surface area contributed by atoms with Crippen LogP contribution < -0.4 is 14.8 Å². The van der Waals surface area contributed by atoms with Gasteiger partial charge in [0.1, 0.15) is 0 Å². The molecule has 18 heavy (non-hydrogen) atoms. The van der Waals surface area contributed by atoms with Crippen molar-refractivity contribution in [3.8, 4) is 11.8 Å². The normalized spacial score (nSPS) is 10.2. The summed E-state index contributed by atoms with van der Waals surface area (Å²) in [4.78, 5) is 8.26. The van der Waals surface area contributed by atoms with E-state index in [1.165, 1.54) is 0 Å². The van der Waals surface area contributed by atoms with Crippen LogP contribution in [0.2, 0.25) is 0 Å². The molecule has 1 rings (SSSR count). The number of methoxy groups -OCH3 is 3. The number of nitrogens with one attached hydrogen (secondary N) is 1. The predicted octanol–water partition coefficient (Wildman–Crippen LogP) is 0.569. The zero-order chi connectivity index (χ0) is 13.2. The monoisotopic (exact) mass is 257 g/mol. The van der Waals surface area contributed by atoms with Crippen molar-refractivity contribution in [2.45, 2.75) is 0 Å². The Morgan fingerprint density at radius 2 is 1.67 bits per heavy atom. The molecule has 102 valence electrons. The van der Waals surface area contributed by atoms with Crippen molar-refractivity contribution in [1.82, 2.24) is 9.97 Å². The van der Waals surface area contributed by atoms with Crippen molar-refractivity contribution in [1.29, 1.82) is 0 Å². The molecular formula is C11H19N3O4. The summed E-state index contributed by atoms with van der Waals surface area (Å²) in [6.45, 7) is 2.30. The summed E-state index contributed by atoms with van der Waals surface area (Å²) in [6, 6.07) is 1.61.